The topological polar surface area (TPSA) is 61.9 Å². The molecule has 1 atom stereocenters. The summed E-state index contributed by atoms with van der Waals surface area (Å²) >= 11 is 6.13. The van der Waals surface area contributed by atoms with Gasteiger partial charge in [-0.3, -0.25) is 9.59 Å². The summed E-state index contributed by atoms with van der Waals surface area (Å²) in [5.74, 6) is 0.341. The van der Waals surface area contributed by atoms with E-state index in [1.54, 1.807) is 36.4 Å². The van der Waals surface area contributed by atoms with Crippen LogP contribution in [0, 0.1) is 0 Å². The normalized spacial score (nSPS) is 18.4. The Morgan fingerprint density at radius 1 is 1.21 bits per heavy atom. The van der Waals surface area contributed by atoms with Crippen molar-refractivity contribution in [1.82, 2.24) is 4.90 Å². The molecule has 2 aliphatic rings. The minimum Gasteiger partial charge on any atom is -0.495 e. The van der Waals surface area contributed by atoms with E-state index >= 15 is 0 Å². The summed E-state index contributed by atoms with van der Waals surface area (Å²) in [4.78, 5) is 29.6. The van der Waals surface area contributed by atoms with Crippen molar-refractivity contribution in [3.05, 3.63) is 52.5 Å². The van der Waals surface area contributed by atoms with Crippen LogP contribution in [0.4, 0.5) is 11.4 Å². The molecule has 1 N–H and O–H groups in total. The summed E-state index contributed by atoms with van der Waals surface area (Å²) in [6.07, 6.45) is 3.15. The van der Waals surface area contributed by atoms with Gasteiger partial charge in [0.1, 0.15) is 11.9 Å². The van der Waals surface area contributed by atoms with Crippen molar-refractivity contribution < 1.29 is 14.3 Å². The van der Waals surface area contributed by atoms with Gasteiger partial charge < -0.3 is 19.9 Å². The first-order chi connectivity index (χ1) is 13.5. The van der Waals surface area contributed by atoms with Crippen molar-refractivity contribution in [3.8, 4) is 5.75 Å². The van der Waals surface area contributed by atoms with Gasteiger partial charge in [-0.05, 0) is 55.7 Å². The molecule has 0 aromatic heterocycles. The van der Waals surface area contributed by atoms with Crippen molar-refractivity contribution in [2.45, 2.75) is 25.4 Å². The smallest absolute Gasteiger partial charge is 0.257 e. The van der Waals surface area contributed by atoms with Crippen LogP contribution >= 0.6 is 11.6 Å². The summed E-state index contributed by atoms with van der Waals surface area (Å²) in [5.41, 5.74) is 2.52. The van der Waals surface area contributed by atoms with E-state index in [0.717, 1.165) is 31.5 Å². The summed E-state index contributed by atoms with van der Waals surface area (Å²) in [6.45, 7) is 0.785. The maximum Gasteiger partial charge on any atom is 0.257 e. The van der Waals surface area contributed by atoms with Crippen molar-refractivity contribution in [2.75, 3.05) is 30.9 Å². The molecular weight excluding hydrogens is 378 g/mol. The summed E-state index contributed by atoms with van der Waals surface area (Å²) in [7, 11) is 3.52. The number of hydrogen-bond acceptors (Lipinski definition) is 4. The number of carbonyl (C=O) groups is 2. The van der Waals surface area contributed by atoms with Gasteiger partial charge in [-0.1, -0.05) is 11.6 Å². The molecule has 146 valence electrons. The second-order valence-electron chi connectivity index (χ2n) is 7.12. The van der Waals surface area contributed by atoms with Crippen LogP contribution in [0.2, 0.25) is 5.02 Å². The molecule has 2 heterocycles. The van der Waals surface area contributed by atoms with Crippen LogP contribution in [-0.4, -0.2) is 43.6 Å². The molecule has 0 unspecified atom stereocenters. The molecule has 0 spiro atoms. The van der Waals surface area contributed by atoms with E-state index in [1.807, 2.05) is 11.9 Å². The Hall–Kier alpha value is -2.73. The number of nitrogens with one attached hydrogen (secondary N) is 1. The number of carbonyl (C=O) groups excluding carboxylic acids is 2. The van der Waals surface area contributed by atoms with Crippen molar-refractivity contribution in [2.24, 2.45) is 0 Å². The molecule has 6 nitrogen and oxygen atoms in total. The van der Waals surface area contributed by atoms with Crippen molar-refractivity contribution in [3.63, 3.8) is 0 Å². The maximum absolute atomic E-state index is 12.8. The zero-order valence-electron chi connectivity index (χ0n) is 15.9. The van der Waals surface area contributed by atoms with E-state index in [1.165, 1.54) is 7.11 Å². The van der Waals surface area contributed by atoms with E-state index in [4.69, 9.17) is 16.3 Å². The molecule has 2 aromatic carbocycles. The van der Waals surface area contributed by atoms with Gasteiger partial charge in [0.25, 0.3) is 11.8 Å². The molecule has 7 heteroatoms. The van der Waals surface area contributed by atoms with Crippen LogP contribution in [-0.2, 0) is 0 Å². The molecular formula is C21H22ClN3O3. The fourth-order valence-corrected chi connectivity index (χ4v) is 4.22. The zero-order valence-corrected chi connectivity index (χ0v) is 16.6. The number of nitrogens with zero attached hydrogens (tertiary/aromatic N) is 2. The number of ether oxygens (including phenoxy) is 1. The SMILES string of the molecule is COc1ccc(NC(=O)c2ccc3c(c2)N(C)[C@H]2CCCCN2C3=O)cc1Cl. The van der Waals surface area contributed by atoms with Gasteiger partial charge in [0.15, 0.2) is 0 Å². The molecule has 0 aliphatic carbocycles. The van der Waals surface area contributed by atoms with Gasteiger partial charge >= 0.3 is 0 Å². The van der Waals surface area contributed by atoms with Crippen LogP contribution in [0.15, 0.2) is 36.4 Å². The van der Waals surface area contributed by atoms with E-state index in [9.17, 15) is 9.59 Å². The largest absolute Gasteiger partial charge is 0.495 e. The number of hydrogen-bond donors (Lipinski definition) is 1. The Kier molecular flexibility index (Phi) is 4.89. The van der Waals surface area contributed by atoms with Gasteiger partial charge in [0, 0.05) is 24.8 Å². The van der Waals surface area contributed by atoms with Gasteiger partial charge in [-0.15, -0.1) is 0 Å². The fourth-order valence-electron chi connectivity index (χ4n) is 3.96. The van der Waals surface area contributed by atoms with Crippen LogP contribution < -0.4 is 15.0 Å². The van der Waals surface area contributed by atoms with Gasteiger partial charge in [0.05, 0.1) is 23.4 Å². The Labute approximate surface area is 169 Å². The predicted molar refractivity (Wildman–Crippen MR) is 109 cm³/mol. The number of fused-ring (bicyclic) bond motifs is 2. The third-order valence-electron chi connectivity index (χ3n) is 5.46. The highest BCUT2D eigenvalue weighted by molar-refractivity contribution is 6.32. The first kappa shape index (κ1) is 18.6. The number of piperidine rings is 1. The number of anilines is 2. The van der Waals surface area contributed by atoms with E-state index in [0.29, 0.717) is 27.6 Å². The molecule has 2 amide bonds. The Balaban J connectivity index is 1.60. The second-order valence-corrected chi connectivity index (χ2v) is 7.53. The molecule has 1 saturated heterocycles. The molecule has 0 saturated carbocycles. The Bertz CT molecular complexity index is 946. The highest BCUT2D eigenvalue weighted by atomic mass is 35.5. The van der Waals surface area contributed by atoms with Crippen LogP contribution in [0.1, 0.15) is 40.0 Å². The minimum atomic E-state index is -0.254. The van der Waals surface area contributed by atoms with Gasteiger partial charge in [0.2, 0.25) is 0 Å². The first-order valence-corrected chi connectivity index (χ1v) is 9.70. The molecule has 2 aromatic rings. The Morgan fingerprint density at radius 3 is 2.79 bits per heavy atom. The lowest BCUT2D eigenvalue weighted by Crippen LogP contribution is -2.55. The molecule has 0 bridgehead atoms. The van der Waals surface area contributed by atoms with E-state index in [-0.39, 0.29) is 18.0 Å². The number of methoxy groups -OCH3 is 1. The fraction of sp³-hybridized carbons (Fsp3) is 0.333. The first-order valence-electron chi connectivity index (χ1n) is 9.32. The van der Waals surface area contributed by atoms with Crippen LogP contribution in [0.3, 0.4) is 0 Å². The highest BCUT2D eigenvalue weighted by Crippen LogP contribution is 2.35. The van der Waals surface area contributed by atoms with Gasteiger partial charge in [-0.2, -0.15) is 0 Å². The predicted octanol–water partition coefficient (Wildman–Crippen LogP) is 4.00. The number of amides is 2. The molecule has 0 radical (unpaired) electrons. The van der Waals surface area contributed by atoms with Crippen molar-refractivity contribution >= 4 is 34.8 Å². The lowest BCUT2D eigenvalue weighted by molar-refractivity contribution is 0.0589. The molecule has 4 rings (SSSR count). The van der Waals surface area contributed by atoms with E-state index in [2.05, 4.69) is 10.2 Å². The third-order valence-corrected chi connectivity index (χ3v) is 5.75. The summed E-state index contributed by atoms with van der Waals surface area (Å²) in [6, 6.07) is 10.3. The quantitative estimate of drug-likeness (QED) is 0.847. The lowest BCUT2D eigenvalue weighted by atomic mass is 9.97. The Morgan fingerprint density at radius 2 is 2.04 bits per heavy atom. The summed E-state index contributed by atoms with van der Waals surface area (Å²) in [5, 5.41) is 3.27. The monoisotopic (exact) mass is 399 g/mol. The van der Waals surface area contributed by atoms with Crippen LogP contribution in [0.5, 0.6) is 5.75 Å². The number of rotatable bonds is 3. The summed E-state index contributed by atoms with van der Waals surface area (Å²) < 4.78 is 5.13. The lowest BCUT2D eigenvalue weighted by Gasteiger charge is -2.46. The molecule has 28 heavy (non-hydrogen) atoms. The standard InChI is InChI=1S/C21H22ClN3O3/c1-24-17-11-13(20(26)23-14-7-9-18(28-2)16(22)12-14)6-8-15(17)21(27)25-10-4-3-5-19(24)25/h6-9,11-12,19H,3-5,10H2,1-2H3,(H,23,26)/t19-/m1/s1. The highest BCUT2D eigenvalue weighted by Gasteiger charge is 2.37. The zero-order chi connectivity index (χ0) is 19.8. The number of halogens is 1. The van der Waals surface area contributed by atoms with Crippen molar-refractivity contribution in [1.29, 1.82) is 0 Å². The molecule has 1 fully saturated rings. The van der Waals surface area contributed by atoms with E-state index < -0.39 is 0 Å². The van der Waals surface area contributed by atoms with Gasteiger partial charge in [-0.25, -0.2) is 0 Å². The average Bonchev–Trinajstić information content (AvgIpc) is 2.71. The van der Waals surface area contributed by atoms with Crippen LogP contribution in [0.25, 0.3) is 0 Å². The molecule has 2 aliphatic heterocycles. The minimum absolute atomic E-state index is 0.0479. The maximum atomic E-state index is 12.8. The average molecular weight is 400 g/mol. The third kappa shape index (κ3) is 3.18. The number of benzene rings is 2. The second kappa shape index (κ2) is 7.36.